The molecule has 2 aromatic rings. The second-order valence-electron chi connectivity index (χ2n) is 3.95. The molecule has 2 rings (SSSR count). The molecule has 0 spiro atoms. The van der Waals surface area contributed by atoms with Crippen molar-refractivity contribution >= 4 is 29.1 Å². The number of nitro groups is 1. The first-order valence-electron chi connectivity index (χ1n) is 5.72. The topological polar surface area (TPSA) is 84.6 Å². The SMILES string of the molecule is O=C(Cc1ccc([N+](=O)[O-])cc1)NN=Cc1ccsc1. The fourth-order valence-corrected chi connectivity index (χ4v) is 2.10. The molecule has 7 heteroatoms. The molecule has 0 radical (unpaired) electrons. The standard InChI is InChI=1S/C13H11N3O3S/c17-13(15-14-8-11-5-6-20-9-11)7-10-1-3-12(4-2-10)16(18)19/h1-6,8-9H,7H2,(H,15,17). The van der Waals surface area contributed by atoms with E-state index in [9.17, 15) is 14.9 Å². The highest BCUT2D eigenvalue weighted by atomic mass is 32.1. The number of hydrazone groups is 1. The average Bonchev–Trinajstić information content (AvgIpc) is 2.92. The summed E-state index contributed by atoms with van der Waals surface area (Å²) >= 11 is 1.55. The second kappa shape index (κ2) is 6.58. The molecule has 1 heterocycles. The molecule has 1 aromatic carbocycles. The van der Waals surface area contributed by atoms with Gasteiger partial charge in [0.25, 0.3) is 5.69 Å². The van der Waals surface area contributed by atoms with E-state index in [0.717, 1.165) is 5.56 Å². The third-order valence-corrected chi connectivity index (χ3v) is 3.16. The molecular formula is C13H11N3O3S. The van der Waals surface area contributed by atoms with Crippen LogP contribution in [0.2, 0.25) is 0 Å². The van der Waals surface area contributed by atoms with Crippen molar-refractivity contribution in [1.82, 2.24) is 5.43 Å². The predicted molar refractivity (Wildman–Crippen MR) is 76.9 cm³/mol. The molecule has 0 saturated heterocycles. The van der Waals surface area contributed by atoms with E-state index in [4.69, 9.17) is 0 Å². The van der Waals surface area contributed by atoms with Crippen LogP contribution in [0.3, 0.4) is 0 Å². The summed E-state index contributed by atoms with van der Waals surface area (Å²) in [5, 5.41) is 18.2. The Bertz CT molecular complexity index is 621. The highest BCUT2D eigenvalue weighted by Gasteiger charge is 2.06. The third-order valence-electron chi connectivity index (χ3n) is 2.46. The van der Waals surface area contributed by atoms with E-state index >= 15 is 0 Å². The van der Waals surface area contributed by atoms with Crippen molar-refractivity contribution < 1.29 is 9.72 Å². The minimum atomic E-state index is -0.477. The number of benzene rings is 1. The summed E-state index contributed by atoms with van der Waals surface area (Å²) in [4.78, 5) is 21.6. The largest absolute Gasteiger partial charge is 0.273 e. The lowest BCUT2D eigenvalue weighted by molar-refractivity contribution is -0.384. The average molecular weight is 289 g/mol. The molecule has 0 bridgehead atoms. The van der Waals surface area contributed by atoms with Crippen LogP contribution in [-0.2, 0) is 11.2 Å². The van der Waals surface area contributed by atoms with Crippen molar-refractivity contribution in [3.05, 3.63) is 62.3 Å². The Labute approximate surface area is 118 Å². The van der Waals surface area contributed by atoms with E-state index < -0.39 is 4.92 Å². The van der Waals surface area contributed by atoms with Crippen molar-refractivity contribution in [1.29, 1.82) is 0 Å². The first kappa shape index (κ1) is 13.9. The van der Waals surface area contributed by atoms with Crippen LogP contribution < -0.4 is 5.43 Å². The van der Waals surface area contributed by atoms with Crippen molar-refractivity contribution in [2.24, 2.45) is 5.10 Å². The summed E-state index contributed by atoms with van der Waals surface area (Å²) in [6, 6.07) is 7.74. The van der Waals surface area contributed by atoms with Gasteiger partial charge >= 0.3 is 0 Å². The van der Waals surface area contributed by atoms with Crippen LogP contribution in [0.5, 0.6) is 0 Å². The van der Waals surface area contributed by atoms with Crippen LogP contribution in [0, 0.1) is 10.1 Å². The molecule has 6 nitrogen and oxygen atoms in total. The number of nitrogens with one attached hydrogen (secondary N) is 1. The first-order valence-corrected chi connectivity index (χ1v) is 6.67. The molecule has 102 valence electrons. The molecule has 0 atom stereocenters. The molecule has 0 aliphatic rings. The van der Waals surface area contributed by atoms with Crippen LogP contribution in [0.15, 0.2) is 46.2 Å². The molecule has 0 unspecified atom stereocenters. The van der Waals surface area contributed by atoms with Gasteiger partial charge in [0.1, 0.15) is 0 Å². The van der Waals surface area contributed by atoms with Gasteiger partial charge in [-0.05, 0) is 22.4 Å². The summed E-state index contributed by atoms with van der Waals surface area (Å²) in [5.74, 6) is -0.273. The maximum atomic E-state index is 11.6. The van der Waals surface area contributed by atoms with Crippen LogP contribution in [0.1, 0.15) is 11.1 Å². The lowest BCUT2D eigenvalue weighted by Crippen LogP contribution is -2.19. The lowest BCUT2D eigenvalue weighted by Gasteiger charge is -2.00. The Morgan fingerprint density at radius 2 is 2.10 bits per heavy atom. The zero-order valence-electron chi connectivity index (χ0n) is 10.4. The Hall–Kier alpha value is -2.54. The summed E-state index contributed by atoms with van der Waals surface area (Å²) in [6.07, 6.45) is 1.68. The van der Waals surface area contributed by atoms with Crippen molar-refractivity contribution in [3.8, 4) is 0 Å². The normalized spacial score (nSPS) is 10.6. The quantitative estimate of drug-likeness (QED) is 0.521. The maximum absolute atomic E-state index is 11.6. The van der Waals surface area contributed by atoms with Gasteiger partial charge in [-0.25, -0.2) is 5.43 Å². The van der Waals surface area contributed by atoms with Gasteiger partial charge in [0.05, 0.1) is 17.6 Å². The van der Waals surface area contributed by atoms with E-state index in [0.29, 0.717) is 5.56 Å². The number of amides is 1. The third kappa shape index (κ3) is 3.99. The number of hydrogen-bond acceptors (Lipinski definition) is 5. The van der Waals surface area contributed by atoms with Gasteiger partial charge in [-0.1, -0.05) is 12.1 Å². The number of nitro benzene ring substituents is 1. The van der Waals surface area contributed by atoms with Crippen LogP contribution in [0.4, 0.5) is 5.69 Å². The van der Waals surface area contributed by atoms with Gasteiger partial charge in [0, 0.05) is 17.7 Å². The zero-order valence-corrected chi connectivity index (χ0v) is 11.2. The Morgan fingerprint density at radius 3 is 2.70 bits per heavy atom. The van der Waals surface area contributed by atoms with Crippen LogP contribution in [0.25, 0.3) is 0 Å². The number of carbonyl (C=O) groups excluding carboxylic acids is 1. The monoisotopic (exact) mass is 289 g/mol. The number of hydrogen-bond donors (Lipinski definition) is 1. The van der Waals surface area contributed by atoms with Gasteiger partial charge in [0.2, 0.25) is 5.91 Å². The van der Waals surface area contributed by atoms with Crippen molar-refractivity contribution in [2.75, 3.05) is 0 Å². The number of rotatable bonds is 5. The van der Waals surface area contributed by atoms with Gasteiger partial charge in [-0.3, -0.25) is 14.9 Å². The van der Waals surface area contributed by atoms with E-state index in [1.165, 1.54) is 12.1 Å². The minimum absolute atomic E-state index is 0.00429. The Morgan fingerprint density at radius 1 is 1.35 bits per heavy atom. The summed E-state index contributed by atoms with van der Waals surface area (Å²) in [5.41, 5.74) is 4.03. The number of thiophene rings is 1. The molecule has 0 aliphatic heterocycles. The van der Waals surface area contributed by atoms with E-state index in [1.54, 1.807) is 29.7 Å². The minimum Gasteiger partial charge on any atom is -0.273 e. The van der Waals surface area contributed by atoms with E-state index in [1.807, 2.05) is 16.8 Å². The highest BCUT2D eigenvalue weighted by molar-refractivity contribution is 7.08. The van der Waals surface area contributed by atoms with Crippen LogP contribution in [-0.4, -0.2) is 17.0 Å². The van der Waals surface area contributed by atoms with Gasteiger partial charge in [0.15, 0.2) is 0 Å². The number of carbonyl (C=O) groups is 1. The molecule has 0 fully saturated rings. The summed E-state index contributed by atoms with van der Waals surface area (Å²) in [6.45, 7) is 0. The molecule has 0 aliphatic carbocycles. The summed E-state index contributed by atoms with van der Waals surface area (Å²) in [7, 11) is 0. The molecule has 1 aromatic heterocycles. The molecule has 1 amide bonds. The second-order valence-corrected chi connectivity index (χ2v) is 4.73. The molecular weight excluding hydrogens is 278 g/mol. The van der Waals surface area contributed by atoms with Gasteiger partial charge in [-0.2, -0.15) is 16.4 Å². The van der Waals surface area contributed by atoms with Crippen LogP contribution >= 0.6 is 11.3 Å². The number of nitrogens with zero attached hydrogens (tertiary/aromatic N) is 2. The molecule has 20 heavy (non-hydrogen) atoms. The Balaban J connectivity index is 1.86. The van der Waals surface area contributed by atoms with Gasteiger partial charge in [-0.15, -0.1) is 0 Å². The number of non-ortho nitro benzene ring substituents is 1. The highest BCUT2D eigenvalue weighted by Crippen LogP contribution is 2.12. The van der Waals surface area contributed by atoms with Crippen molar-refractivity contribution in [3.63, 3.8) is 0 Å². The first-order chi connectivity index (χ1) is 9.65. The predicted octanol–water partition coefficient (Wildman–Crippen LogP) is 2.35. The molecule has 1 N–H and O–H groups in total. The maximum Gasteiger partial charge on any atom is 0.269 e. The Kier molecular flexibility index (Phi) is 4.56. The smallest absolute Gasteiger partial charge is 0.269 e. The fourth-order valence-electron chi connectivity index (χ4n) is 1.49. The summed E-state index contributed by atoms with van der Waals surface area (Å²) < 4.78 is 0. The lowest BCUT2D eigenvalue weighted by atomic mass is 10.1. The zero-order chi connectivity index (χ0) is 14.4. The van der Waals surface area contributed by atoms with E-state index in [-0.39, 0.29) is 18.0 Å². The van der Waals surface area contributed by atoms with Gasteiger partial charge < -0.3 is 0 Å². The molecule has 0 saturated carbocycles. The fraction of sp³-hybridized carbons (Fsp3) is 0.0769. The van der Waals surface area contributed by atoms with E-state index in [2.05, 4.69) is 10.5 Å². The van der Waals surface area contributed by atoms with Crippen molar-refractivity contribution in [2.45, 2.75) is 6.42 Å².